The first kappa shape index (κ1) is 11.5. The van der Waals surface area contributed by atoms with Crippen molar-refractivity contribution in [2.45, 2.75) is 41.8 Å². The molecule has 0 aromatic heterocycles. The number of benzene rings is 1. The molecule has 1 N–H and O–H groups in total. The summed E-state index contributed by atoms with van der Waals surface area (Å²) in [7, 11) is 0. The number of aliphatic hydroxyl groups is 1. The predicted molar refractivity (Wildman–Crippen MR) is 63.9 cm³/mol. The first-order valence-corrected chi connectivity index (χ1v) is 6.85. The second-order valence-corrected chi connectivity index (χ2v) is 6.60. The van der Waals surface area contributed by atoms with E-state index in [1.54, 1.807) is 0 Å². The van der Waals surface area contributed by atoms with Crippen molar-refractivity contribution in [3.05, 3.63) is 35.4 Å². The lowest BCUT2D eigenvalue weighted by molar-refractivity contribution is 0.0156. The van der Waals surface area contributed by atoms with Crippen LogP contribution in [-0.2, 0) is 5.60 Å². The number of hydrogen-bond donors (Lipinski definition) is 1. The summed E-state index contributed by atoms with van der Waals surface area (Å²) in [4.78, 5) is 0. The fourth-order valence-electron chi connectivity index (χ4n) is 3.00. The molecule has 4 heteroatoms. The van der Waals surface area contributed by atoms with Crippen molar-refractivity contribution in [2.24, 2.45) is 0 Å². The molecule has 0 radical (unpaired) electrons. The lowest BCUT2D eigenvalue weighted by Gasteiger charge is -2.36. The molecule has 2 saturated heterocycles. The minimum absolute atomic E-state index is 0.134. The van der Waals surface area contributed by atoms with Gasteiger partial charge in [0.2, 0.25) is 0 Å². The summed E-state index contributed by atoms with van der Waals surface area (Å²) in [6.07, 6.45) is 3.23. The number of halogens is 2. The smallest absolute Gasteiger partial charge is 0.164 e. The topological polar surface area (TPSA) is 20.2 Å². The number of rotatable bonds is 1. The van der Waals surface area contributed by atoms with E-state index in [1.165, 1.54) is 12.1 Å². The molecule has 0 aliphatic carbocycles. The van der Waals surface area contributed by atoms with Gasteiger partial charge in [-0.15, -0.1) is 0 Å². The van der Waals surface area contributed by atoms with E-state index in [-0.39, 0.29) is 5.56 Å². The normalized spacial score (nSPS) is 36.2. The molecule has 2 atom stereocenters. The third-order valence-corrected chi connectivity index (χ3v) is 5.35. The second kappa shape index (κ2) is 3.95. The van der Waals surface area contributed by atoms with Gasteiger partial charge in [0.05, 0.1) is 5.60 Å². The van der Waals surface area contributed by atoms with E-state index in [0.29, 0.717) is 23.3 Å². The molecule has 92 valence electrons. The Hall–Kier alpha value is -0.610. The van der Waals surface area contributed by atoms with Gasteiger partial charge in [0.1, 0.15) is 0 Å². The van der Waals surface area contributed by atoms with E-state index in [2.05, 4.69) is 0 Å². The summed E-state index contributed by atoms with van der Waals surface area (Å²) in [6, 6.07) is 4.07. The van der Waals surface area contributed by atoms with Gasteiger partial charge in [0, 0.05) is 16.1 Å². The number of hydrogen-bond acceptors (Lipinski definition) is 2. The minimum Gasteiger partial charge on any atom is -0.385 e. The number of fused-ring (bicyclic) bond motifs is 2. The fourth-order valence-corrected chi connectivity index (χ4v) is 4.83. The number of thioether (sulfide) groups is 1. The molecule has 2 aliphatic heterocycles. The molecule has 0 amide bonds. The van der Waals surface area contributed by atoms with Crippen LogP contribution in [0.1, 0.15) is 31.2 Å². The van der Waals surface area contributed by atoms with Gasteiger partial charge in [-0.25, -0.2) is 8.78 Å². The van der Waals surface area contributed by atoms with E-state index in [1.807, 2.05) is 11.8 Å². The Bertz CT molecular complexity index is 437. The molecule has 2 fully saturated rings. The van der Waals surface area contributed by atoms with Gasteiger partial charge in [0.15, 0.2) is 11.6 Å². The van der Waals surface area contributed by atoms with Gasteiger partial charge in [-0.05, 0) is 31.7 Å². The predicted octanol–water partition coefficient (Wildman–Crippen LogP) is 3.21. The Morgan fingerprint density at radius 1 is 1.18 bits per heavy atom. The summed E-state index contributed by atoms with van der Waals surface area (Å²) < 4.78 is 27.0. The first-order chi connectivity index (χ1) is 8.08. The van der Waals surface area contributed by atoms with Gasteiger partial charge in [0.25, 0.3) is 0 Å². The van der Waals surface area contributed by atoms with Crippen molar-refractivity contribution in [2.75, 3.05) is 0 Å². The van der Waals surface area contributed by atoms with Crippen LogP contribution in [0.3, 0.4) is 0 Å². The van der Waals surface area contributed by atoms with Crippen molar-refractivity contribution >= 4 is 11.8 Å². The zero-order chi connectivity index (χ0) is 12.0. The molecular formula is C13H14F2OS. The molecular weight excluding hydrogens is 242 g/mol. The summed E-state index contributed by atoms with van der Waals surface area (Å²) in [5.74, 6) is -1.76. The van der Waals surface area contributed by atoms with Crippen LogP contribution in [0.4, 0.5) is 8.78 Å². The molecule has 2 heterocycles. The van der Waals surface area contributed by atoms with E-state index >= 15 is 0 Å². The van der Waals surface area contributed by atoms with Gasteiger partial charge < -0.3 is 5.11 Å². The van der Waals surface area contributed by atoms with Gasteiger partial charge in [-0.3, -0.25) is 0 Å². The van der Waals surface area contributed by atoms with Gasteiger partial charge in [-0.2, -0.15) is 11.8 Å². The van der Waals surface area contributed by atoms with Crippen LogP contribution in [0.15, 0.2) is 18.2 Å². The SMILES string of the molecule is OC1(c2cccc(F)c2F)CC2CCC(C1)S2. The van der Waals surface area contributed by atoms with Crippen molar-refractivity contribution < 1.29 is 13.9 Å². The molecule has 1 nitrogen and oxygen atoms in total. The fraction of sp³-hybridized carbons (Fsp3) is 0.538. The van der Waals surface area contributed by atoms with Crippen LogP contribution < -0.4 is 0 Å². The molecule has 2 bridgehead atoms. The highest BCUT2D eigenvalue weighted by Crippen LogP contribution is 2.51. The summed E-state index contributed by atoms with van der Waals surface area (Å²) in [6.45, 7) is 0. The Morgan fingerprint density at radius 3 is 2.47 bits per heavy atom. The molecule has 0 spiro atoms. The van der Waals surface area contributed by atoms with Crippen molar-refractivity contribution in [1.29, 1.82) is 0 Å². The maximum atomic E-state index is 13.8. The van der Waals surface area contributed by atoms with Crippen LogP contribution in [-0.4, -0.2) is 15.6 Å². The molecule has 2 unspecified atom stereocenters. The first-order valence-electron chi connectivity index (χ1n) is 5.91. The molecule has 1 aromatic rings. The zero-order valence-electron chi connectivity index (χ0n) is 9.33. The monoisotopic (exact) mass is 256 g/mol. The molecule has 17 heavy (non-hydrogen) atoms. The van der Waals surface area contributed by atoms with Crippen LogP contribution in [0.5, 0.6) is 0 Å². The average molecular weight is 256 g/mol. The summed E-state index contributed by atoms with van der Waals surface area (Å²) in [5.41, 5.74) is -1.04. The van der Waals surface area contributed by atoms with Crippen molar-refractivity contribution in [3.63, 3.8) is 0 Å². The van der Waals surface area contributed by atoms with Crippen molar-refractivity contribution in [3.8, 4) is 0 Å². The van der Waals surface area contributed by atoms with Crippen LogP contribution in [0.2, 0.25) is 0 Å². The largest absolute Gasteiger partial charge is 0.385 e. The van der Waals surface area contributed by atoms with E-state index in [9.17, 15) is 13.9 Å². The lowest BCUT2D eigenvalue weighted by Crippen LogP contribution is -2.35. The second-order valence-electron chi connectivity index (χ2n) is 5.00. The van der Waals surface area contributed by atoms with Crippen LogP contribution >= 0.6 is 11.8 Å². The molecule has 2 aliphatic rings. The molecule has 0 saturated carbocycles. The minimum atomic E-state index is -1.18. The quantitative estimate of drug-likeness (QED) is 0.832. The highest BCUT2D eigenvalue weighted by molar-refractivity contribution is 8.00. The molecule has 1 aromatic carbocycles. The standard InChI is InChI=1S/C13H14F2OS/c14-11-3-1-2-10(12(11)15)13(16)6-8-4-5-9(7-13)17-8/h1-3,8-9,16H,4-7H2. The van der Waals surface area contributed by atoms with E-state index in [0.717, 1.165) is 18.9 Å². The average Bonchev–Trinajstić information content (AvgIpc) is 2.62. The maximum Gasteiger partial charge on any atom is 0.164 e. The van der Waals surface area contributed by atoms with Gasteiger partial charge in [-0.1, -0.05) is 12.1 Å². The molecule has 3 rings (SSSR count). The third kappa shape index (κ3) is 1.87. The lowest BCUT2D eigenvalue weighted by atomic mass is 9.85. The Balaban J connectivity index is 2.00. The highest BCUT2D eigenvalue weighted by Gasteiger charge is 2.45. The maximum absolute atomic E-state index is 13.8. The zero-order valence-corrected chi connectivity index (χ0v) is 10.1. The van der Waals surface area contributed by atoms with Crippen LogP contribution in [0.25, 0.3) is 0 Å². The highest BCUT2D eigenvalue weighted by atomic mass is 32.2. The Labute approximate surface area is 103 Å². The summed E-state index contributed by atoms with van der Waals surface area (Å²) in [5, 5.41) is 11.4. The van der Waals surface area contributed by atoms with Gasteiger partial charge >= 0.3 is 0 Å². The summed E-state index contributed by atoms with van der Waals surface area (Å²) >= 11 is 1.88. The van der Waals surface area contributed by atoms with E-state index in [4.69, 9.17) is 0 Å². The van der Waals surface area contributed by atoms with Crippen LogP contribution in [0, 0.1) is 11.6 Å². The third-order valence-electron chi connectivity index (χ3n) is 3.78. The Morgan fingerprint density at radius 2 is 1.82 bits per heavy atom. The van der Waals surface area contributed by atoms with E-state index < -0.39 is 17.2 Å². The Kier molecular flexibility index (Phi) is 2.67. The van der Waals surface area contributed by atoms with Crippen molar-refractivity contribution in [1.82, 2.24) is 0 Å².